The van der Waals surface area contributed by atoms with E-state index in [1.165, 1.54) is 18.9 Å². The molecule has 0 saturated heterocycles. The zero-order chi connectivity index (χ0) is 14.5. The minimum absolute atomic E-state index is 0.237. The molecule has 1 aromatic rings. The van der Waals surface area contributed by atoms with Gasteiger partial charge in [0.1, 0.15) is 5.82 Å². The third kappa shape index (κ3) is 4.61. The van der Waals surface area contributed by atoms with E-state index in [-0.39, 0.29) is 5.82 Å². The Hall–Kier alpha value is -0.890. The quantitative estimate of drug-likeness (QED) is 0.740. The van der Waals surface area contributed by atoms with Gasteiger partial charge in [-0.05, 0) is 43.4 Å². The number of halogens is 1. The summed E-state index contributed by atoms with van der Waals surface area (Å²) in [5, 5.41) is 10.6. The molecule has 0 radical (unpaired) electrons. The Bertz CT molecular complexity index is 398. The fraction of sp³-hybridized carbons (Fsp3) is 0.647. The molecule has 2 atom stereocenters. The number of benzene rings is 1. The van der Waals surface area contributed by atoms with Crippen LogP contribution in [-0.2, 0) is 5.60 Å². The zero-order valence-electron chi connectivity index (χ0n) is 12.7. The maximum absolute atomic E-state index is 13.6. The van der Waals surface area contributed by atoms with Crippen LogP contribution in [0.25, 0.3) is 0 Å². The van der Waals surface area contributed by atoms with Crippen molar-refractivity contribution in [2.45, 2.75) is 65.4 Å². The summed E-state index contributed by atoms with van der Waals surface area (Å²) in [6, 6.07) is 5.05. The molecule has 2 unspecified atom stereocenters. The van der Waals surface area contributed by atoms with Gasteiger partial charge in [0, 0.05) is 0 Å². The highest BCUT2D eigenvalue weighted by Gasteiger charge is 2.27. The van der Waals surface area contributed by atoms with Crippen molar-refractivity contribution in [2.75, 3.05) is 0 Å². The number of rotatable bonds is 7. The molecule has 108 valence electrons. The normalized spacial score (nSPS) is 16.1. The molecule has 0 spiro atoms. The van der Waals surface area contributed by atoms with E-state index in [0.29, 0.717) is 23.5 Å². The topological polar surface area (TPSA) is 20.2 Å². The predicted molar refractivity (Wildman–Crippen MR) is 78.6 cm³/mol. The Morgan fingerprint density at radius 3 is 2.53 bits per heavy atom. The summed E-state index contributed by atoms with van der Waals surface area (Å²) in [5.41, 5.74) is 0.367. The molecule has 1 rings (SSSR count). The van der Waals surface area contributed by atoms with Crippen LogP contribution in [-0.4, -0.2) is 5.11 Å². The van der Waals surface area contributed by atoms with Crippen LogP contribution in [0.2, 0.25) is 0 Å². The van der Waals surface area contributed by atoms with Crippen LogP contribution in [0.4, 0.5) is 4.39 Å². The van der Waals surface area contributed by atoms with Crippen molar-refractivity contribution in [3.63, 3.8) is 0 Å². The lowest BCUT2D eigenvalue weighted by Gasteiger charge is -2.29. The average Bonchev–Trinajstić information content (AvgIpc) is 2.37. The molecule has 0 amide bonds. The minimum atomic E-state index is -0.942. The van der Waals surface area contributed by atoms with Gasteiger partial charge in [-0.1, -0.05) is 51.7 Å². The number of hydrogen-bond donors (Lipinski definition) is 1. The van der Waals surface area contributed by atoms with E-state index in [1.54, 1.807) is 19.9 Å². The first-order valence-electron chi connectivity index (χ1n) is 7.39. The second-order valence-corrected chi connectivity index (χ2v) is 5.86. The molecule has 0 aliphatic carbocycles. The lowest BCUT2D eigenvalue weighted by molar-refractivity contribution is 0.0272. The van der Waals surface area contributed by atoms with Gasteiger partial charge in [0.05, 0.1) is 5.60 Å². The summed E-state index contributed by atoms with van der Waals surface area (Å²) in [4.78, 5) is 0. The molecular weight excluding hydrogens is 239 g/mol. The van der Waals surface area contributed by atoms with Crippen LogP contribution in [0.1, 0.15) is 64.0 Å². The Morgan fingerprint density at radius 1 is 1.32 bits per heavy atom. The molecule has 0 heterocycles. The van der Waals surface area contributed by atoms with Gasteiger partial charge in [-0.2, -0.15) is 0 Å². The molecule has 0 fully saturated rings. The average molecular weight is 266 g/mol. The molecule has 19 heavy (non-hydrogen) atoms. The number of hydrogen-bond acceptors (Lipinski definition) is 1. The summed E-state index contributed by atoms with van der Waals surface area (Å²) in [6.45, 7) is 7.88. The van der Waals surface area contributed by atoms with E-state index >= 15 is 0 Å². The van der Waals surface area contributed by atoms with Crippen molar-refractivity contribution >= 4 is 0 Å². The second-order valence-electron chi connectivity index (χ2n) is 5.86. The first-order chi connectivity index (χ1) is 8.90. The van der Waals surface area contributed by atoms with Crippen LogP contribution in [0.5, 0.6) is 0 Å². The van der Waals surface area contributed by atoms with E-state index in [1.807, 2.05) is 6.07 Å². The Morgan fingerprint density at radius 2 is 2.00 bits per heavy atom. The maximum atomic E-state index is 13.6. The molecule has 2 heteroatoms. The summed E-state index contributed by atoms with van der Waals surface area (Å²) >= 11 is 0. The van der Waals surface area contributed by atoms with Gasteiger partial charge in [0.25, 0.3) is 0 Å². The highest BCUT2D eigenvalue weighted by atomic mass is 19.1. The van der Waals surface area contributed by atoms with Crippen molar-refractivity contribution in [1.29, 1.82) is 0 Å². The van der Waals surface area contributed by atoms with E-state index in [0.717, 1.165) is 12.8 Å². The molecule has 0 saturated carbocycles. The van der Waals surface area contributed by atoms with Crippen LogP contribution in [0.15, 0.2) is 18.2 Å². The smallest absolute Gasteiger partial charge is 0.126 e. The Balaban J connectivity index is 2.80. The van der Waals surface area contributed by atoms with Crippen molar-refractivity contribution in [3.05, 3.63) is 35.1 Å². The Labute approximate surface area is 116 Å². The maximum Gasteiger partial charge on any atom is 0.126 e. The molecule has 0 bridgehead atoms. The third-order valence-corrected chi connectivity index (χ3v) is 4.02. The zero-order valence-corrected chi connectivity index (χ0v) is 12.7. The van der Waals surface area contributed by atoms with Gasteiger partial charge in [-0.25, -0.2) is 4.39 Å². The molecule has 0 aliphatic rings. The van der Waals surface area contributed by atoms with Crippen LogP contribution < -0.4 is 0 Å². The van der Waals surface area contributed by atoms with Crippen LogP contribution in [0.3, 0.4) is 0 Å². The molecule has 1 nitrogen and oxygen atoms in total. The lowest BCUT2D eigenvalue weighted by Crippen LogP contribution is -2.25. The van der Waals surface area contributed by atoms with E-state index in [4.69, 9.17) is 0 Å². The number of unbranched alkanes of at least 4 members (excludes halogenated alkanes) is 1. The highest BCUT2D eigenvalue weighted by molar-refractivity contribution is 5.27. The summed E-state index contributed by atoms with van der Waals surface area (Å²) < 4.78 is 13.6. The predicted octanol–water partition coefficient (Wildman–Crippen LogP) is 4.95. The monoisotopic (exact) mass is 266 g/mol. The standard InChI is InChI=1S/C17H27FO/c1-5-7-8-14(6-2)12-17(4,19)15-10-9-13(3)16(18)11-15/h9-11,14,19H,5-8,12H2,1-4H3. The number of aliphatic hydroxyl groups is 1. The summed E-state index contributed by atoms with van der Waals surface area (Å²) in [7, 11) is 0. The van der Waals surface area contributed by atoms with Gasteiger partial charge in [0.15, 0.2) is 0 Å². The second kappa shape index (κ2) is 7.04. The van der Waals surface area contributed by atoms with Crippen molar-refractivity contribution in [1.82, 2.24) is 0 Å². The molecular formula is C17H27FO. The first-order valence-corrected chi connectivity index (χ1v) is 7.39. The number of aryl methyl sites for hydroxylation is 1. The van der Waals surface area contributed by atoms with Gasteiger partial charge in [-0.3, -0.25) is 0 Å². The molecule has 0 aromatic heterocycles. The van der Waals surface area contributed by atoms with Crippen LogP contribution >= 0.6 is 0 Å². The third-order valence-electron chi connectivity index (χ3n) is 4.02. The van der Waals surface area contributed by atoms with Crippen molar-refractivity contribution in [3.8, 4) is 0 Å². The van der Waals surface area contributed by atoms with Crippen molar-refractivity contribution < 1.29 is 9.50 Å². The van der Waals surface area contributed by atoms with E-state index < -0.39 is 5.60 Å². The fourth-order valence-electron chi connectivity index (χ4n) is 2.55. The lowest BCUT2D eigenvalue weighted by atomic mass is 9.82. The van der Waals surface area contributed by atoms with Gasteiger partial charge < -0.3 is 5.11 Å². The molecule has 0 aliphatic heterocycles. The fourth-order valence-corrected chi connectivity index (χ4v) is 2.55. The van der Waals surface area contributed by atoms with Gasteiger partial charge in [0.2, 0.25) is 0 Å². The SMILES string of the molecule is CCCCC(CC)CC(C)(O)c1ccc(C)c(F)c1. The van der Waals surface area contributed by atoms with Crippen LogP contribution in [0, 0.1) is 18.7 Å². The van der Waals surface area contributed by atoms with Crippen molar-refractivity contribution in [2.24, 2.45) is 5.92 Å². The van der Waals surface area contributed by atoms with E-state index in [9.17, 15) is 9.50 Å². The summed E-state index contributed by atoms with van der Waals surface area (Å²) in [5.74, 6) is 0.263. The van der Waals surface area contributed by atoms with E-state index in [2.05, 4.69) is 13.8 Å². The molecule has 1 aromatic carbocycles. The van der Waals surface area contributed by atoms with Gasteiger partial charge >= 0.3 is 0 Å². The summed E-state index contributed by atoms with van der Waals surface area (Å²) in [6.07, 6.45) is 5.27. The Kier molecular flexibility index (Phi) is 5.99. The highest BCUT2D eigenvalue weighted by Crippen LogP contribution is 2.32. The minimum Gasteiger partial charge on any atom is -0.385 e. The van der Waals surface area contributed by atoms with Gasteiger partial charge in [-0.15, -0.1) is 0 Å². The first kappa shape index (κ1) is 16.2. The molecule has 1 N–H and O–H groups in total. The largest absolute Gasteiger partial charge is 0.385 e.